The van der Waals surface area contributed by atoms with E-state index in [2.05, 4.69) is 36.7 Å². The Morgan fingerprint density at radius 3 is 3.08 bits per heavy atom. The van der Waals surface area contributed by atoms with Gasteiger partial charge < -0.3 is 14.6 Å². The molecule has 8 nitrogen and oxygen atoms in total. The summed E-state index contributed by atoms with van der Waals surface area (Å²) in [5, 5.41) is 2.76. The first kappa shape index (κ1) is 18.5. The van der Waals surface area contributed by atoms with Crippen LogP contribution >= 0.6 is 0 Å². The first-order chi connectivity index (χ1) is 12.7. The third-order valence-electron chi connectivity index (χ3n) is 4.32. The van der Waals surface area contributed by atoms with Crippen LogP contribution in [-0.4, -0.2) is 50.0 Å². The fourth-order valence-corrected chi connectivity index (χ4v) is 3.02. The summed E-state index contributed by atoms with van der Waals surface area (Å²) in [4.78, 5) is 26.8. The van der Waals surface area contributed by atoms with Gasteiger partial charge in [0.15, 0.2) is 5.82 Å². The molecule has 8 heteroatoms. The van der Waals surface area contributed by atoms with E-state index in [1.54, 1.807) is 6.20 Å². The normalized spacial score (nSPS) is 18.0. The lowest BCUT2D eigenvalue weighted by molar-refractivity contribution is -0.119. The van der Waals surface area contributed by atoms with Crippen LogP contribution in [0.2, 0.25) is 0 Å². The maximum atomic E-state index is 11.1. The predicted octanol–water partition coefficient (Wildman–Crippen LogP) is 1.29. The SMILES string of the molecule is CCCn1ccnc1CN1CCOC(c2nccc(CNC(C)=O)n2)C1. The van der Waals surface area contributed by atoms with Gasteiger partial charge in [0.25, 0.3) is 0 Å². The van der Waals surface area contributed by atoms with Crippen LogP contribution in [0.1, 0.15) is 43.7 Å². The lowest BCUT2D eigenvalue weighted by Crippen LogP contribution is -2.39. The zero-order valence-corrected chi connectivity index (χ0v) is 15.4. The van der Waals surface area contributed by atoms with Crippen LogP contribution in [0.25, 0.3) is 0 Å². The number of carbonyl (C=O) groups is 1. The summed E-state index contributed by atoms with van der Waals surface area (Å²) in [5.41, 5.74) is 0.782. The number of amides is 1. The Balaban J connectivity index is 1.63. The van der Waals surface area contributed by atoms with Crippen molar-refractivity contribution in [3.63, 3.8) is 0 Å². The van der Waals surface area contributed by atoms with Crippen molar-refractivity contribution in [3.05, 3.63) is 42.0 Å². The van der Waals surface area contributed by atoms with Gasteiger partial charge in [-0.05, 0) is 12.5 Å². The van der Waals surface area contributed by atoms with Crippen molar-refractivity contribution < 1.29 is 9.53 Å². The predicted molar refractivity (Wildman–Crippen MR) is 96.0 cm³/mol. The van der Waals surface area contributed by atoms with Gasteiger partial charge in [-0.3, -0.25) is 9.69 Å². The highest BCUT2D eigenvalue weighted by Crippen LogP contribution is 2.20. The third-order valence-corrected chi connectivity index (χ3v) is 4.32. The van der Waals surface area contributed by atoms with Crippen molar-refractivity contribution in [3.8, 4) is 0 Å². The van der Waals surface area contributed by atoms with E-state index in [1.807, 2.05) is 18.5 Å². The van der Waals surface area contributed by atoms with Gasteiger partial charge >= 0.3 is 0 Å². The minimum absolute atomic E-state index is 0.0761. The highest BCUT2D eigenvalue weighted by Gasteiger charge is 2.25. The Kier molecular flexibility index (Phi) is 6.30. The van der Waals surface area contributed by atoms with Gasteiger partial charge in [-0.1, -0.05) is 6.92 Å². The average molecular weight is 358 g/mol. The van der Waals surface area contributed by atoms with Crippen LogP contribution in [0.4, 0.5) is 0 Å². The molecule has 0 saturated carbocycles. The molecule has 0 aliphatic carbocycles. The summed E-state index contributed by atoms with van der Waals surface area (Å²) in [6.45, 7) is 8.06. The van der Waals surface area contributed by atoms with Crippen LogP contribution in [0.15, 0.2) is 24.7 Å². The number of carbonyl (C=O) groups excluding carboxylic acids is 1. The molecule has 3 rings (SSSR count). The number of hydrogen-bond donors (Lipinski definition) is 1. The average Bonchev–Trinajstić information content (AvgIpc) is 3.08. The first-order valence-corrected chi connectivity index (χ1v) is 9.06. The fourth-order valence-electron chi connectivity index (χ4n) is 3.02. The van der Waals surface area contributed by atoms with E-state index in [0.717, 1.165) is 44.1 Å². The van der Waals surface area contributed by atoms with Crippen molar-refractivity contribution >= 4 is 5.91 Å². The van der Waals surface area contributed by atoms with Gasteiger partial charge in [0.05, 0.1) is 25.4 Å². The standard InChI is InChI=1S/C18H26N6O2/c1-3-7-24-8-6-19-17(24)13-23-9-10-26-16(12-23)18-20-5-4-15(22-18)11-21-14(2)25/h4-6,8,16H,3,7,9-13H2,1-2H3,(H,21,25). The van der Waals surface area contributed by atoms with Gasteiger partial charge in [-0.2, -0.15) is 0 Å². The zero-order valence-electron chi connectivity index (χ0n) is 15.4. The van der Waals surface area contributed by atoms with Crippen LogP contribution in [0, 0.1) is 0 Å². The van der Waals surface area contributed by atoms with Gasteiger partial charge in [-0.25, -0.2) is 15.0 Å². The molecule has 1 N–H and O–H groups in total. The molecule has 1 saturated heterocycles. The monoisotopic (exact) mass is 358 g/mol. The van der Waals surface area contributed by atoms with Crippen LogP contribution < -0.4 is 5.32 Å². The maximum absolute atomic E-state index is 11.1. The Bertz CT molecular complexity index is 732. The Morgan fingerprint density at radius 1 is 1.38 bits per heavy atom. The van der Waals surface area contributed by atoms with Gasteiger partial charge in [0.1, 0.15) is 11.9 Å². The van der Waals surface area contributed by atoms with Crippen molar-refractivity contribution in [2.45, 2.75) is 46.0 Å². The largest absolute Gasteiger partial charge is 0.368 e. The van der Waals surface area contributed by atoms with E-state index in [9.17, 15) is 4.79 Å². The Labute approximate surface area is 153 Å². The molecular weight excluding hydrogens is 332 g/mol. The number of nitrogens with one attached hydrogen (secondary N) is 1. The molecule has 2 aromatic heterocycles. The van der Waals surface area contributed by atoms with Gasteiger partial charge in [-0.15, -0.1) is 0 Å². The lowest BCUT2D eigenvalue weighted by Gasteiger charge is -2.32. The van der Waals surface area contributed by atoms with E-state index < -0.39 is 0 Å². The zero-order chi connectivity index (χ0) is 18.4. The second kappa shape index (κ2) is 8.86. The Hall–Kier alpha value is -2.32. The minimum atomic E-state index is -0.171. The van der Waals surface area contributed by atoms with Crippen molar-refractivity contribution in [2.75, 3.05) is 19.7 Å². The molecule has 1 aliphatic rings. The van der Waals surface area contributed by atoms with Gasteiger partial charge in [0.2, 0.25) is 5.91 Å². The molecule has 140 valence electrons. The number of ether oxygens (including phenoxy) is 1. The molecule has 2 aromatic rings. The van der Waals surface area contributed by atoms with Crippen molar-refractivity contribution in [2.24, 2.45) is 0 Å². The van der Waals surface area contributed by atoms with E-state index >= 15 is 0 Å². The fraction of sp³-hybridized carbons (Fsp3) is 0.556. The molecule has 3 heterocycles. The number of nitrogens with zero attached hydrogens (tertiary/aromatic N) is 5. The number of imidazole rings is 1. The topological polar surface area (TPSA) is 85.2 Å². The number of hydrogen-bond acceptors (Lipinski definition) is 6. The highest BCUT2D eigenvalue weighted by molar-refractivity contribution is 5.72. The summed E-state index contributed by atoms with van der Waals surface area (Å²) in [6, 6.07) is 1.81. The number of morpholine rings is 1. The molecule has 0 aromatic carbocycles. The quantitative estimate of drug-likeness (QED) is 0.803. The number of rotatable bonds is 7. The van der Waals surface area contributed by atoms with Crippen molar-refractivity contribution in [1.29, 1.82) is 0 Å². The van der Waals surface area contributed by atoms with E-state index in [4.69, 9.17) is 4.74 Å². The summed E-state index contributed by atoms with van der Waals surface area (Å²) in [7, 11) is 0. The van der Waals surface area contributed by atoms with Crippen LogP contribution in [0.3, 0.4) is 0 Å². The molecule has 1 unspecified atom stereocenters. The molecular formula is C18H26N6O2. The molecule has 1 amide bonds. The van der Waals surface area contributed by atoms with E-state index in [1.165, 1.54) is 6.92 Å². The highest BCUT2D eigenvalue weighted by atomic mass is 16.5. The molecule has 0 bridgehead atoms. The smallest absolute Gasteiger partial charge is 0.217 e. The summed E-state index contributed by atoms with van der Waals surface area (Å²) in [6.07, 6.45) is 6.53. The molecule has 26 heavy (non-hydrogen) atoms. The Morgan fingerprint density at radius 2 is 2.27 bits per heavy atom. The first-order valence-electron chi connectivity index (χ1n) is 9.06. The maximum Gasteiger partial charge on any atom is 0.217 e. The molecule has 1 atom stereocenters. The van der Waals surface area contributed by atoms with E-state index in [-0.39, 0.29) is 12.0 Å². The molecule has 0 spiro atoms. The molecule has 1 fully saturated rings. The minimum Gasteiger partial charge on any atom is -0.368 e. The summed E-state index contributed by atoms with van der Waals surface area (Å²) in [5.74, 6) is 1.66. The third kappa shape index (κ3) is 4.86. The number of aromatic nitrogens is 4. The summed E-state index contributed by atoms with van der Waals surface area (Å²) < 4.78 is 8.09. The molecule has 0 radical (unpaired) electrons. The lowest BCUT2D eigenvalue weighted by atomic mass is 10.2. The second-order valence-electron chi connectivity index (χ2n) is 6.45. The van der Waals surface area contributed by atoms with Gasteiger partial charge in [0, 0.05) is 45.1 Å². The van der Waals surface area contributed by atoms with Crippen molar-refractivity contribution in [1.82, 2.24) is 29.7 Å². The second-order valence-corrected chi connectivity index (χ2v) is 6.45. The van der Waals surface area contributed by atoms with Crippen LogP contribution in [0.5, 0.6) is 0 Å². The molecule has 1 aliphatic heterocycles. The van der Waals surface area contributed by atoms with Crippen LogP contribution in [-0.2, 0) is 29.2 Å². The summed E-state index contributed by atoms with van der Waals surface area (Å²) >= 11 is 0. The number of aryl methyl sites for hydroxylation is 1. The van der Waals surface area contributed by atoms with E-state index in [0.29, 0.717) is 19.0 Å².